The van der Waals surface area contributed by atoms with E-state index in [4.69, 9.17) is 0 Å². The Morgan fingerprint density at radius 3 is 2.43 bits per heavy atom. The van der Waals surface area contributed by atoms with Crippen molar-refractivity contribution in [2.75, 3.05) is 5.32 Å². The van der Waals surface area contributed by atoms with Crippen LogP contribution in [0.15, 0.2) is 78.9 Å². The highest BCUT2D eigenvalue weighted by atomic mass is 19.1. The van der Waals surface area contributed by atoms with Gasteiger partial charge in [-0.15, -0.1) is 15.3 Å². The number of nitrogens with zero attached hydrogens (tertiary/aromatic N) is 6. The lowest BCUT2D eigenvalue weighted by atomic mass is 10.1. The minimum Gasteiger partial charge on any atom is -0.317 e. The van der Waals surface area contributed by atoms with Crippen molar-refractivity contribution >= 4 is 11.6 Å². The van der Waals surface area contributed by atoms with E-state index >= 15 is 0 Å². The number of carbonyl (C=O) groups excluding carboxylic acids is 1. The third-order valence-electron chi connectivity index (χ3n) is 6.43. The molecule has 1 amide bonds. The number of para-hydroxylation sites is 1. The number of carbonyl (C=O) groups is 1. The standard InChI is InChI=1S/C28H24FN7O/c29-22-16-15-20(27-33-32-24-14-8-3-9-17-35(24)27)18-23(22)30-28(37)25-31-26(19-10-4-1-5-11-19)36(34-25)21-12-6-2-7-13-21/h1-2,4-7,10-13,15-16,18H,3,8-9,14,17H2,(H,30,37). The summed E-state index contributed by atoms with van der Waals surface area (Å²) in [6.07, 6.45) is 4.14. The predicted octanol–water partition coefficient (Wildman–Crippen LogP) is 5.31. The van der Waals surface area contributed by atoms with Crippen molar-refractivity contribution in [1.29, 1.82) is 0 Å². The summed E-state index contributed by atoms with van der Waals surface area (Å²) in [5.41, 5.74) is 2.28. The Hall–Kier alpha value is -4.66. The van der Waals surface area contributed by atoms with Crippen LogP contribution >= 0.6 is 0 Å². The van der Waals surface area contributed by atoms with E-state index in [0.29, 0.717) is 17.2 Å². The van der Waals surface area contributed by atoms with Crippen molar-refractivity contribution in [1.82, 2.24) is 29.5 Å². The van der Waals surface area contributed by atoms with Crippen LogP contribution in [-0.2, 0) is 13.0 Å². The van der Waals surface area contributed by atoms with Gasteiger partial charge in [0.05, 0.1) is 11.4 Å². The molecule has 1 N–H and O–H groups in total. The molecule has 5 aromatic rings. The van der Waals surface area contributed by atoms with Gasteiger partial charge in [0.25, 0.3) is 5.91 Å². The Labute approximate surface area is 212 Å². The Morgan fingerprint density at radius 2 is 1.62 bits per heavy atom. The van der Waals surface area contributed by atoms with Crippen molar-refractivity contribution in [3.05, 3.63) is 96.3 Å². The van der Waals surface area contributed by atoms with Gasteiger partial charge in [-0.25, -0.2) is 14.1 Å². The molecule has 8 nitrogen and oxygen atoms in total. The molecule has 3 aromatic carbocycles. The molecule has 0 saturated heterocycles. The van der Waals surface area contributed by atoms with Gasteiger partial charge in [-0.05, 0) is 43.2 Å². The van der Waals surface area contributed by atoms with Crippen LogP contribution in [0.25, 0.3) is 28.5 Å². The van der Waals surface area contributed by atoms with E-state index in [2.05, 4.69) is 30.2 Å². The number of amides is 1. The molecule has 2 aromatic heterocycles. The first kappa shape index (κ1) is 22.8. The monoisotopic (exact) mass is 493 g/mol. The fraction of sp³-hybridized carbons (Fsp3) is 0.179. The van der Waals surface area contributed by atoms with E-state index in [1.54, 1.807) is 16.8 Å². The van der Waals surface area contributed by atoms with E-state index in [1.165, 1.54) is 6.07 Å². The van der Waals surface area contributed by atoms with Gasteiger partial charge in [-0.2, -0.15) is 0 Å². The highest BCUT2D eigenvalue weighted by molar-refractivity contribution is 6.02. The lowest BCUT2D eigenvalue weighted by Gasteiger charge is -2.10. The summed E-state index contributed by atoms with van der Waals surface area (Å²) in [7, 11) is 0. The summed E-state index contributed by atoms with van der Waals surface area (Å²) >= 11 is 0. The maximum atomic E-state index is 14.8. The molecule has 184 valence electrons. The third-order valence-corrected chi connectivity index (χ3v) is 6.43. The van der Waals surface area contributed by atoms with E-state index in [-0.39, 0.29) is 11.5 Å². The van der Waals surface area contributed by atoms with E-state index < -0.39 is 11.7 Å². The number of hydrogen-bond donors (Lipinski definition) is 1. The largest absolute Gasteiger partial charge is 0.317 e. The number of halogens is 1. The fourth-order valence-electron chi connectivity index (χ4n) is 4.57. The molecule has 0 spiro atoms. The first-order chi connectivity index (χ1) is 18.2. The number of aryl methyl sites for hydroxylation is 1. The maximum Gasteiger partial charge on any atom is 0.295 e. The predicted molar refractivity (Wildman–Crippen MR) is 138 cm³/mol. The van der Waals surface area contributed by atoms with Crippen LogP contribution in [-0.4, -0.2) is 35.4 Å². The average Bonchev–Trinajstić information content (AvgIpc) is 3.49. The molecule has 3 heterocycles. The number of aromatic nitrogens is 6. The lowest BCUT2D eigenvalue weighted by Crippen LogP contribution is -2.15. The highest BCUT2D eigenvalue weighted by Gasteiger charge is 2.21. The fourth-order valence-corrected chi connectivity index (χ4v) is 4.57. The van der Waals surface area contributed by atoms with Crippen molar-refractivity contribution in [2.45, 2.75) is 32.2 Å². The summed E-state index contributed by atoms with van der Waals surface area (Å²) in [6.45, 7) is 0.819. The minimum absolute atomic E-state index is 0.0331. The van der Waals surface area contributed by atoms with Crippen molar-refractivity contribution in [3.63, 3.8) is 0 Å². The zero-order valence-corrected chi connectivity index (χ0v) is 20.0. The second-order valence-electron chi connectivity index (χ2n) is 8.92. The summed E-state index contributed by atoms with van der Waals surface area (Å²) in [6, 6.07) is 23.5. The van der Waals surface area contributed by atoms with Gasteiger partial charge in [0.15, 0.2) is 11.6 Å². The number of fused-ring (bicyclic) bond motifs is 1. The zero-order chi connectivity index (χ0) is 25.2. The number of anilines is 1. The van der Waals surface area contributed by atoms with Crippen molar-refractivity contribution in [2.24, 2.45) is 0 Å². The first-order valence-electron chi connectivity index (χ1n) is 12.3. The molecule has 0 saturated carbocycles. The zero-order valence-electron chi connectivity index (χ0n) is 20.0. The molecule has 0 aliphatic carbocycles. The number of benzene rings is 3. The Bertz CT molecular complexity index is 1500. The molecule has 1 aliphatic heterocycles. The van der Waals surface area contributed by atoms with Gasteiger partial charge < -0.3 is 9.88 Å². The molecule has 37 heavy (non-hydrogen) atoms. The van der Waals surface area contributed by atoms with Gasteiger partial charge in [-0.3, -0.25) is 4.79 Å². The number of nitrogens with one attached hydrogen (secondary N) is 1. The summed E-state index contributed by atoms with van der Waals surface area (Å²) < 4.78 is 18.5. The molecule has 0 bridgehead atoms. The SMILES string of the molecule is O=C(Nc1cc(-c2nnc3n2CCCCC3)ccc1F)c1nc(-c2ccccc2)n(-c2ccccc2)n1. The Balaban J connectivity index is 1.33. The van der Waals surface area contributed by atoms with E-state index in [9.17, 15) is 9.18 Å². The second kappa shape index (κ2) is 9.77. The van der Waals surface area contributed by atoms with Gasteiger partial charge in [-0.1, -0.05) is 55.0 Å². The molecular weight excluding hydrogens is 469 g/mol. The van der Waals surface area contributed by atoms with Crippen LogP contribution in [0.3, 0.4) is 0 Å². The Morgan fingerprint density at radius 1 is 0.838 bits per heavy atom. The quantitative estimate of drug-likeness (QED) is 0.358. The van der Waals surface area contributed by atoms with Crippen LogP contribution in [0.5, 0.6) is 0 Å². The smallest absolute Gasteiger partial charge is 0.295 e. The molecule has 0 fully saturated rings. The van der Waals surface area contributed by atoms with Crippen LogP contribution in [0.2, 0.25) is 0 Å². The van der Waals surface area contributed by atoms with Gasteiger partial charge >= 0.3 is 0 Å². The molecular formula is C28H24FN7O. The molecule has 0 unspecified atom stereocenters. The molecule has 0 radical (unpaired) electrons. The maximum absolute atomic E-state index is 14.8. The minimum atomic E-state index is -0.608. The van der Waals surface area contributed by atoms with E-state index in [1.807, 2.05) is 60.7 Å². The Kier molecular flexibility index (Phi) is 6.02. The normalized spacial score (nSPS) is 13.1. The molecule has 6 rings (SSSR count). The summed E-state index contributed by atoms with van der Waals surface area (Å²) in [5.74, 6) is 0.888. The third kappa shape index (κ3) is 4.51. The van der Waals surface area contributed by atoms with Gasteiger partial charge in [0.2, 0.25) is 5.82 Å². The van der Waals surface area contributed by atoms with Crippen LogP contribution < -0.4 is 5.32 Å². The molecule has 9 heteroatoms. The highest BCUT2D eigenvalue weighted by Crippen LogP contribution is 2.27. The van der Waals surface area contributed by atoms with Crippen LogP contribution in [0, 0.1) is 5.82 Å². The van der Waals surface area contributed by atoms with Crippen LogP contribution in [0.4, 0.5) is 10.1 Å². The number of hydrogen-bond acceptors (Lipinski definition) is 5. The molecule has 1 aliphatic rings. The van der Waals surface area contributed by atoms with Crippen molar-refractivity contribution < 1.29 is 9.18 Å². The van der Waals surface area contributed by atoms with Gasteiger partial charge in [0.1, 0.15) is 11.6 Å². The van der Waals surface area contributed by atoms with Crippen LogP contribution in [0.1, 0.15) is 35.7 Å². The first-order valence-corrected chi connectivity index (χ1v) is 12.3. The number of rotatable bonds is 5. The molecule has 0 atom stereocenters. The average molecular weight is 494 g/mol. The second-order valence-corrected chi connectivity index (χ2v) is 8.92. The summed E-state index contributed by atoms with van der Waals surface area (Å²) in [4.78, 5) is 17.7. The summed E-state index contributed by atoms with van der Waals surface area (Å²) in [5, 5.41) is 15.8. The van der Waals surface area contributed by atoms with E-state index in [0.717, 1.165) is 49.3 Å². The van der Waals surface area contributed by atoms with Crippen molar-refractivity contribution in [3.8, 4) is 28.5 Å². The van der Waals surface area contributed by atoms with Gasteiger partial charge in [0, 0.05) is 24.1 Å². The topological polar surface area (TPSA) is 90.5 Å². The lowest BCUT2D eigenvalue weighted by molar-refractivity contribution is 0.101.